The number of benzene rings is 3. The lowest BCUT2D eigenvalue weighted by Gasteiger charge is -2.44. The molecule has 2 saturated heterocycles. The van der Waals surface area contributed by atoms with E-state index in [0.29, 0.717) is 60.2 Å². The topological polar surface area (TPSA) is 146 Å². The number of ether oxygens (including phenoxy) is 6. The number of rotatable bonds is 10. The molecule has 3 aromatic rings. The molecule has 0 spiro atoms. The lowest BCUT2D eigenvalue weighted by Crippen LogP contribution is -2.58. The van der Waals surface area contributed by atoms with E-state index >= 15 is 0 Å². The van der Waals surface area contributed by atoms with Crippen molar-refractivity contribution in [2.75, 3.05) is 37.1 Å². The summed E-state index contributed by atoms with van der Waals surface area (Å²) in [5.41, 5.74) is 2.93. The van der Waals surface area contributed by atoms with Gasteiger partial charge in [-0.2, -0.15) is 0 Å². The van der Waals surface area contributed by atoms with Crippen LogP contribution in [0.15, 0.2) is 72.8 Å². The van der Waals surface area contributed by atoms with Crippen LogP contribution in [0.2, 0.25) is 18.1 Å². The Labute approximate surface area is 408 Å². The number of anilines is 2. The molecule has 0 aliphatic carbocycles. The molecule has 0 radical (unpaired) electrons. The largest absolute Gasteiger partial charge is 0.493 e. The van der Waals surface area contributed by atoms with Crippen LogP contribution in [0.4, 0.5) is 21.0 Å². The van der Waals surface area contributed by atoms with Crippen molar-refractivity contribution in [3.8, 4) is 23.0 Å². The second-order valence-electron chi connectivity index (χ2n) is 22.1. The average molecular weight is 967 g/mol. The second kappa shape index (κ2) is 18.7. The Balaban J connectivity index is 1.19. The number of hydrogen-bond donors (Lipinski definition) is 0. The van der Waals surface area contributed by atoms with Gasteiger partial charge in [-0.3, -0.25) is 14.5 Å². The molecule has 0 N–H and O–H groups in total. The lowest BCUT2D eigenvalue weighted by molar-refractivity contribution is 0.0339. The Hall–Kier alpha value is -6.00. The Kier molecular flexibility index (Phi) is 13.8. The molecular weight excluding hydrogens is 897 g/mol. The molecule has 4 aliphatic rings. The zero-order valence-corrected chi connectivity index (χ0v) is 43.9. The first-order valence-corrected chi connectivity index (χ1v) is 26.5. The van der Waals surface area contributed by atoms with E-state index in [0.717, 1.165) is 22.3 Å². The third kappa shape index (κ3) is 10.5. The SMILES string of the molecule is C=C1C[C@H]2[C@H](C)N(C(=O)OC(C)(C)C)c3cc(OCc4cccc(COc5cc6c(cc5OC)C(=O)N5CC(=C)C[C@H]5[C@H](O[Si](C)(C)C(C)(C)C)N6C(=O)OC(C)(C)C)c4)c(OC)cc3C(=O)N2C1. The summed E-state index contributed by atoms with van der Waals surface area (Å²) in [4.78, 5) is 63.8. The molecule has 0 unspecified atom stereocenters. The molecule has 4 aliphatic heterocycles. The van der Waals surface area contributed by atoms with E-state index in [-0.39, 0.29) is 47.4 Å². The standard InChI is InChI=1S/C53H70N4O11Si/c1-31-20-38-33(3)56(49(60)66-51(4,5)6)39-25-44(42(62-13)23-36(39)46(58)54(38)27-31)64-29-34-18-17-19-35(22-34)30-65-45-26-40-37(24-43(45)63-14)47(59)55-28-32(2)21-41(55)48(68-69(15,16)53(10,11)12)57(40)50(61)67-52(7,8)9/h17-19,22-26,33,38,41,48H,1-2,20-21,27-30H2,3-16H3/t33-,38-,41-,48-/m0/s1. The van der Waals surface area contributed by atoms with Crippen molar-refractivity contribution in [2.45, 2.75) is 149 Å². The average Bonchev–Trinajstić information content (AvgIpc) is 3.80. The van der Waals surface area contributed by atoms with Gasteiger partial charge in [0.1, 0.15) is 24.4 Å². The molecule has 2 fully saturated rings. The van der Waals surface area contributed by atoms with Crippen molar-refractivity contribution in [1.82, 2.24) is 9.80 Å². The van der Waals surface area contributed by atoms with E-state index in [4.69, 9.17) is 32.8 Å². The van der Waals surface area contributed by atoms with Crippen LogP contribution in [0.25, 0.3) is 0 Å². The lowest BCUT2D eigenvalue weighted by atomic mass is 10.0. The highest BCUT2D eigenvalue weighted by Crippen LogP contribution is 2.47. The molecule has 15 nitrogen and oxygen atoms in total. The fourth-order valence-corrected chi connectivity index (χ4v) is 10.2. The van der Waals surface area contributed by atoms with E-state index in [2.05, 4.69) is 47.0 Å². The fourth-order valence-electron chi connectivity index (χ4n) is 9.01. The van der Waals surface area contributed by atoms with E-state index in [9.17, 15) is 19.2 Å². The molecule has 0 saturated carbocycles. The zero-order chi connectivity index (χ0) is 50.7. The van der Waals surface area contributed by atoms with Crippen LogP contribution in [0.1, 0.15) is 114 Å². The van der Waals surface area contributed by atoms with Gasteiger partial charge in [0.15, 0.2) is 37.5 Å². The van der Waals surface area contributed by atoms with Gasteiger partial charge in [-0.1, -0.05) is 63.3 Å². The minimum atomic E-state index is -2.58. The summed E-state index contributed by atoms with van der Waals surface area (Å²) in [5.74, 6) is 0.749. The molecule has 3 aromatic carbocycles. The van der Waals surface area contributed by atoms with Gasteiger partial charge < -0.3 is 42.6 Å². The third-order valence-electron chi connectivity index (χ3n) is 13.4. The van der Waals surface area contributed by atoms with Crippen molar-refractivity contribution < 1.29 is 52.0 Å². The molecule has 4 heterocycles. The predicted molar refractivity (Wildman–Crippen MR) is 267 cm³/mol. The van der Waals surface area contributed by atoms with Crippen LogP contribution in [-0.2, 0) is 27.1 Å². The number of methoxy groups -OCH3 is 2. The number of hydrogen-bond acceptors (Lipinski definition) is 11. The Morgan fingerprint density at radius 2 is 1.09 bits per heavy atom. The van der Waals surface area contributed by atoms with Crippen LogP contribution in [0, 0.1) is 0 Å². The molecule has 16 heteroatoms. The van der Waals surface area contributed by atoms with Crippen molar-refractivity contribution in [2.24, 2.45) is 0 Å². The molecule has 4 atom stereocenters. The Morgan fingerprint density at radius 3 is 1.54 bits per heavy atom. The quantitative estimate of drug-likeness (QED) is 0.141. The smallest absolute Gasteiger partial charge is 0.417 e. The van der Waals surface area contributed by atoms with Gasteiger partial charge in [0.25, 0.3) is 11.8 Å². The van der Waals surface area contributed by atoms with E-state index in [1.807, 2.05) is 31.2 Å². The summed E-state index contributed by atoms with van der Waals surface area (Å²) in [6.45, 7) is 32.7. The maximum absolute atomic E-state index is 14.6. The van der Waals surface area contributed by atoms with Crippen molar-refractivity contribution >= 4 is 43.7 Å². The fraction of sp³-hybridized carbons (Fsp3) is 0.509. The van der Waals surface area contributed by atoms with Crippen molar-refractivity contribution in [1.29, 1.82) is 0 Å². The molecular formula is C53H70N4O11Si. The second-order valence-corrected chi connectivity index (χ2v) is 26.8. The minimum Gasteiger partial charge on any atom is -0.493 e. The first-order chi connectivity index (χ1) is 32.1. The number of fused-ring (bicyclic) bond motifs is 4. The van der Waals surface area contributed by atoms with Gasteiger partial charge in [-0.15, -0.1) is 0 Å². The highest BCUT2D eigenvalue weighted by Gasteiger charge is 2.52. The van der Waals surface area contributed by atoms with Crippen LogP contribution in [0.3, 0.4) is 0 Å². The predicted octanol–water partition coefficient (Wildman–Crippen LogP) is 10.6. The van der Waals surface area contributed by atoms with Crippen LogP contribution in [0.5, 0.6) is 23.0 Å². The highest BCUT2D eigenvalue weighted by molar-refractivity contribution is 6.74. The van der Waals surface area contributed by atoms with Gasteiger partial charge in [0, 0.05) is 25.2 Å². The monoisotopic (exact) mass is 966 g/mol. The molecule has 0 bridgehead atoms. The highest BCUT2D eigenvalue weighted by atomic mass is 28.4. The minimum absolute atomic E-state index is 0.0823. The summed E-state index contributed by atoms with van der Waals surface area (Å²) >= 11 is 0. The number of carbonyl (C=O) groups is 4. The van der Waals surface area contributed by atoms with Crippen LogP contribution < -0.4 is 28.7 Å². The number of nitrogens with zero attached hydrogens (tertiary/aromatic N) is 4. The van der Waals surface area contributed by atoms with Gasteiger partial charge in [0.05, 0.1) is 54.8 Å². The van der Waals surface area contributed by atoms with E-state index < -0.39 is 50.0 Å². The van der Waals surface area contributed by atoms with E-state index in [1.165, 1.54) is 19.1 Å². The zero-order valence-electron chi connectivity index (χ0n) is 42.9. The molecule has 7 rings (SSSR count). The van der Waals surface area contributed by atoms with E-state index in [1.54, 1.807) is 80.5 Å². The van der Waals surface area contributed by atoms with Gasteiger partial charge in [-0.25, -0.2) is 14.5 Å². The third-order valence-corrected chi connectivity index (χ3v) is 17.8. The van der Waals surface area contributed by atoms with Crippen LogP contribution >= 0.6 is 0 Å². The number of amides is 4. The van der Waals surface area contributed by atoms with Crippen molar-refractivity contribution in [3.63, 3.8) is 0 Å². The summed E-state index contributed by atoms with van der Waals surface area (Å²) < 4.78 is 43.7. The Bertz CT molecular complexity index is 2550. The van der Waals surface area contributed by atoms with Gasteiger partial charge in [0.2, 0.25) is 0 Å². The molecule has 0 aromatic heterocycles. The maximum atomic E-state index is 14.6. The molecule has 69 heavy (non-hydrogen) atoms. The number of carbonyl (C=O) groups excluding carboxylic acids is 4. The summed E-state index contributed by atoms with van der Waals surface area (Å²) in [7, 11) is 0.426. The van der Waals surface area contributed by atoms with Crippen LogP contribution in [-0.4, -0.2) is 105 Å². The normalized spacial score (nSPS) is 20.7. The van der Waals surface area contributed by atoms with Crippen molar-refractivity contribution in [3.05, 3.63) is 95.1 Å². The summed E-state index contributed by atoms with van der Waals surface area (Å²) in [6.07, 6.45) is -1.10. The molecule has 372 valence electrons. The first kappa shape index (κ1) is 50.9. The first-order valence-electron chi connectivity index (χ1n) is 23.6. The maximum Gasteiger partial charge on any atom is 0.417 e. The summed E-state index contributed by atoms with van der Waals surface area (Å²) in [6, 6.07) is 13.0. The Morgan fingerprint density at radius 1 is 0.652 bits per heavy atom. The summed E-state index contributed by atoms with van der Waals surface area (Å²) in [5, 5.41) is -0.220. The van der Waals surface area contributed by atoms with Gasteiger partial charge >= 0.3 is 12.2 Å². The molecule has 4 amide bonds. The van der Waals surface area contributed by atoms with Gasteiger partial charge in [-0.05, 0) is 109 Å².